The standard InChI is InChI=1S/C21H26N2O4/c1-22(13-17-6-9-19-20(12-17)27-11-10-26-19)15-21(24)23(2)14-16-4-7-18(25-3)8-5-16/h4-9,12H,10-11,13-15H2,1-3H3. The molecule has 0 saturated heterocycles. The quantitative estimate of drug-likeness (QED) is 0.750. The van der Waals surface area contributed by atoms with E-state index in [2.05, 4.69) is 0 Å². The predicted octanol–water partition coefficient (Wildman–Crippen LogP) is 2.56. The molecule has 0 fully saturated rings. The third kappa shape index (κ3) is 5.14. The molecule has 0 spiro atoms. The third-order valence-electron chi connectivity index (χ3n) is 4.47. The lowest BCUT2D eigenvalue weighted by atomic mass is 10.2. The van der Waals surface area contributed by atoms with Crippen molar-refractivity contribution in [3.63, 3.8) is 0 Å². The first-order chi connectivity index (χ1) is 13.0. The minimum absolute atomic E-state index is 0.0749. The monoisotopic (exact) mass is 370 g/mol. The zero-order valence-corrected chi connectivity index (χ0v) is 16.1. The van der Waals surface area contributed by atoms with Gasteiger partial charge in [-0.3, -0.25) is 9.69 Å². The van der Waals surface area contributed by atoms with Crippen molar-refractivity contribution in [1.29, 1.82) is 0 Å². The summed E-state index contributed by atoms with van der Waals surface area (Å²) in [7, 11) is 5.41. The van der Waals surface area contributed by atoms with Crippen LogP contribution in [0.25, 0.3) is 0 Å². The zero-order valence-electron chi connectivity index (χ0n) is 16.1. The molecule has 3 rings (SSSR count). The number of hydrogen-bond acceptors (Lipinski definition) is 5. The fraction of sp³-hybridized carbons (Fsp3) is 0.381. The molecule has 0 bridgehead atoms. The number of hydrogen-bond donors (Lipinski definition) is 0. The van der Waals surface area contributed by atoms with Crippen molar-refractivity contribution >= 4 is 5.91 Å². The number of likely N-dealkylation sites (N-methyl/N-ethyl adjacent to an activating group) is 2. The van der Waals surface area contributed by atoms with Crippen molar-refractivity contribution in [2.24, 2.45) is 0 Å². The topological polar surface area (TPSA) is 51.2 Å². The fourth-order valence-corrected chi connectivity index (χ4v) is 3.00. The predicted molar refractivity (Wildman–Crippen MR) is 103 cm³/mol. The molecule has 0 saturated carbocycles. The second kappa shape index (κ2) is 8.77. The van der Waals surface area contributed by atoms with Gasteiger partial charge in [0.1, 0.15) is 19.0 Å². The van der Waals surface area contributed by atoms with E-state index in [9.17, 15) is 4.79 Å². The summed E-state index contributed by atoms with van der Waals surface area (Å²) in [5.41, 5.74) is 2.16. The number of nitrogens with zero attached hydrogens (tertiary/aromatic N) is 2. The van der Waals surface area contributed by atoms with Gasteiger partial charge in [-0.2, -0.15) is 0 Å². The van der Waals surface area contributed by atoms with Crippen LogP contribution in [0.4, 0.5) is 0 Å². The van der Waals surface area contributed by atoms with Crippen LogP contribution in [0.2, 0.25) is 0 Å². The minimum atomic E-state index is 0.0749. The molecule has 1 heterocycles. The average molecular weight is 370 g/mol. The van der Waals surface area contributed by atoms with Gasteiger partial charge in [0.2, 0.25) is 5.91 Å². The number of benzene rings is 2. The van der Waals surface area contributed by atoms with Crippen molar-refractivity contribution in [2.45, 2.75) is 13.1 Å². The van der Waals surface area contributed by atoms with Gasteiger partial charge in [0.05, 0.1) is 13.7 Å². The summed E-state index contributed by atoms with van der Waals surface area (Å²) >= 11 is 0. The second-order valence-corrected chi connectivity index (χ2v) is 6.75. The molecule has 0 radical (unpaired) electrons. The number of rotatable bonds is 7. The highest BCUT2D eigenvalue weighted by Gasteiger charge is 2.15. The summed E-state index contributed by atoms with van der Waals surface area (Å²) in [5, 5.41) is 0. The van der Waals surface area contributed by atoms with Crippen molar-refractivity contribution in [3.05, 3.63) is 53.6 Å². The van der Waals surface area contributed by atoms with Crippen molar-refractivity contribution < 1.29 is 19.0 Å². The molecule has 2 aromatic rings. The number of methoxy groups -OCH3 is 1. The molecule has 27 heavy (non-hydrogen) atoms. The summed E-state index contributed by atoms with van der Waals surface area (Å²) < 4.78 is 16.3. The van der Waals surface area contributed by atoms with Gasteiger partial charge in [-0.25, -0.2) is 0 Å². The molecule has 6 nitrogen and oxygen atoms in total. The van der Waals surface area contributed by atoms with Gasteiger partial charge < -0.3 is 19.1 Å². The number of carbonyl (C=O) groups excluding carboxylic acids is 1. The molecule has 0 N–H and O–H groups in total. The first-order valence-electron chi connectivity index (χ1n) is 8.99. The molecule has 6 heteroatoms. The van der Waals surface area contributed by atoms with E-state index in [1.807, 2.05) is 61.5 Å². The van der Waals surface area contributed by atoms with Gasteiger partial charge in [-0.1, -0.05) is 18.2 Å². The van der Waals surface area contributed by atoms with Gasteiger partial charge in [-0.05, 0) is 42.4 Å². The Balaban J connectivity index is 1.51. The Hall–Kier alpha value is -2.73. The van der Waals surface area contributed by atoms with Crippen LogP contribution in [0.5, 0.6) is 17.2 Å². The highest BCUT2D eigenvalue weighted by Crippen LogP contribution is 2.31. The minimum Gasteiger partial charge on any atom is -0.497 e. The maximum atomic E-state index is 12.5. The summed E-state index contributed by atoms with van der Waals surface area (Å²) in [6.45, 7) is 2.74. The van der Waals surface area contributed by atoms with E-state index in [-0.39, 0.29) is 5.91 Å². The molecule has 144 valence electrons. The van der Waals surface area contributed by atoms with Gasteiger partial charge in [0, 0.05) is 20.1 Å². The van der Waals surface area contributed by atoms with Gasteiger partial charge >= 0.3 is 0 Å². The van der Waals surface area contributed by atoms with E-state index >= 15 is 0 Å². The third-order valence-corrected chi connectivity index (χ3v) is 4.47. The SMILES string of the molecule is COc1ccc(CN(C)C(=O)CN(C)Cc2ccc3c(c2)OCCO3)cc1. The zero-order chi connectivity index (χ0) is 19.2. The van der Waals surface area contributed by atoms with Crippen LogP contribution in [0.15, 0.2) is 42.5 Å². The molecule has 0 unspecified atom stereocenters. The Bertz CT molecular complexity index is 776. The van der Waals surface area contributed by atoms with Crippen LogP contribution in [-0.2, 0) is 17.9 Å². The Morgan fingerprint density at radius 1 is 0.963 bits per heavy atom. The summed E-state index contributed by atoms with van der Waals surface area (Å²) in [6.07, 6.45) is 0. The van der Waals surface area contributed by atoms with E-state index in [0.29, 0.717) is 32.8 Å². The van der Waals surface area contributed by atoms with Crippen molar-refractivity contribution in [1.82, 2.24) is 9.80 Å². The van der Waals surface area contributed by atoms with Crippen LogP contribution < -0.4 is 14.2 Å². The van der Waals surface area contributed by atoms with E-state index in [4.69, 9.17) is 14.2 Å². The molecular formula is C21H26N2O4. The van der Waals surface area contributed by atoms with E-state index in [1.165, 1.54) is 0 Å². The molecule has 1 aliphatic heterocycles. The van der Waals surface area contributed by atoms with E-state index < -0.39 is 0 Å². The molecule has 0 aliphatic carbocycles. The Morgan fingerprint density at radius 2 is 1.63 bits per heavy atom. The van der Waals surface area contributed by atoms with Crippen LogP contribution in [0.3, 0.4) is 0 Å². The maximum absolute atomic E-state index is 12.5. The Morgan fingerprint density at radius 3 is 2.33 bits per heavy atom. The van der Waals surface area contributed by atoms with Crippen LogP contribution in [0.1, 0.15) is 11.1 Å². The second-order valence-electron chi connectivity index (χ2n) is 6.75. The van der Waals surface area contributed by atoms with Gasteiger partial charge in [0.15, 0.2) is 11.5 Å². The number of amides is 1. The molecular weight excluding hydrogens is 344 g/mol. The average Bonchev–Trinajstić information content (AvgIpc) is 2.68. The first kappa shape index (κ1) is 19.0. The maximum Gasteiger partial charge on any atom is 0.236 e. The van der Waals surface area contributed by atoms with Crippen LogP contribution in [-0.4, -0.2) is 56.7 Å². The van der Waals surface area contributed by atoms with Crippen LogP contribution >= 0.6 is 0 Å². The number of ether oxygens (including phenoxy) is 3. The first-order valence-corrected chi connectivity index (χ1v) is 8.99. The lowest BCUT2D eigenvalue weighted by molar-refractivity contribution is -0.131. The molecule has 0 aromatic heterocycles. The Kier molecular flexibility index (Phi) is 6.19. The molecule has 2 aromatic carbocycles. The van der Waals surface area contributed by atoms with Crippen LogP contribution in [0, 0.1) is 0 Å². The van der Waals surface area contributed by atoms with E-state index in [0.717, 1.165) is 28.4 Å². The fourth-order valence-electron chi connectivity index (χ4n) is 3.00. The smallest absolute Gasteiger partial charge is 0.236 e. The number of fused-ring (bicyclic) bond motifs is 1. The summed E-state index contributed by atoms with van der Waals surface area (Å²) in [6, 6.07) is 13.7. The summed E-state index contributed by atoms with van der Waals surface area (Å²) in [4.78, 5) is 16.3. The Labute approximate surface area is 160 Å². The molecule has 0 atom stereocenters. The van der Waals surface area contributed by atoms with E-state index in [1.54, 1.807) is 12.0 Å². The lowest BCUT2D eigenvalue weighted by Gasteiger charge is -2.23. The highest BCUT2D eigenvalue weighted by atomic mass is 16.6. The highest BCUT2D eigenvalue weighted by molar-refractivity contribution is 5.78. The lowest BCUT2D eigenvalue weighted by Crippen LogP contribution is -2.36. The number of carbonyl (C=O) groups is 1. The van der Waals surface area contributed by atoms with Crippen molar-refractivity contribution in [2.75, 3.05) is 41.0 Å². The largest absolute Gasteiger partial charge is 0.497 e. The van der Waals surface area contributed by atoms with Gasteiger partial charge in [0.25, 0.3) is 0 Å². The summed E-state index contributed by atoms with van der Waals surface area (Å²) in [5.74, 6) is 2.44. The van der Waals surface area contributed by atoms with Gasteiger partial charge in [-0.15, -0.1) is 0 Å². The molecule has 1 aliphatic rings. The van der Waals surface area contributed by atoms with Crippen molar-refractivity contribution in [3.8, 4) is 17.2 Å². The molecule has 1 amide bonds. The normalized spacial score (nSPS) is 12.7.